The SMILES string of the molecule is c1ccc(CCc2cnoc2C2CCNCC2)cc1. The van der Waals surface area contributed by atoms with Gasteiger partial charge in [0, 0.05) is 11.5 Å². The molecule has 0 saturated carbocycles. The molecule has 0 aliphatic carbocycles. The summed E-state index contributed by atoms with van der Waals surface area (Å²) in [6.45, 7) is 2.17. The summed E-state index contributed by atoms with van der Waals surface area (Å²) < 4.78 is 5.51. The number of hydrogen-bond acceptors (Lipinski definition) is 3. The van der Waals surface area contributed by atoms with Crippen LogP contribution in [0.2, 0.25) is 0 Å². The third-order valence-electron chi connectivity index (χ3n) is 3.91. The third-order valence-corrected chi connectivity index (χ3v) is 3.91. The second kappa shape index (κ2) is 6.02. The van der Waals surface area contributed by atoms with Crippen molar-refractivity contribution in [3.63, 3.8) is 0 Å². The van der Waals surface area contributed by atoms with Crippen LogP contribution < -0.4 is 5.32 Å². The molecule has 1 N–H and O–H groups in total. The molecule has 1 aromatic heterocycles. The summed E-state index contributed by atoms with van der Waals surface area (Å²) in [7, 11) is 0. The van der Waals surface area contributed by atoms with Crippen LogP contribution in [0.15, 0.2) is 41.1 Å². The molecular weight excluding hydrogens is 236 g/mol. The van der Waals surface area contributed by atoms with Gasteiger partial charge in [-0.15, -0.1) is 0 Å². The fourth-order valence-corrected chi connectivity index (χ4v) is 2.80. The molecule has 19 heavy (non-hydrogen) atoms. The van der Waals surface area contributed by atoms with Crippen molar-refractivity contribution in [2.45, 2.75) is 31.6 Å². The van der Waals surface area contributed by atoms with Gasteiger partial charge in [0.25, 0.3) is 0 Å². The second-order valence-corrected chi connectivity index (χ2v) is 5.23. The van der Waals surface area contributed by atoms with E-state index in [1.54, 1.807) is 0 Å². The van der Waals surface area contributed by atoms with Crippen LogP contribution in [0, 0.1) is 0 Å². The summed E-state index contributed by atoms with van der Waals surface area (Å²) >= 11 is 0. The zero-order valence-electron chi connectivity index (χ0n) is 11.1. The van der Waals surface area contributed by atoms with E-state index >= 15 is 0 Å². The lowest BCUT2D eigenvalue weighted by Gasteiger charge is -2.21. The normalized spacial score (nSPS) is 16.6. The Balaban J connectivity index is 1.66. The number of aryl methyl sites for hydroxylation is 2. The van der Waals surface area contributed by atoms with E-state index < -0.39 is 0 Å². The van der Waals surface area contributed by atoms with Gasteiger partial charge in [-0.1, -0.05) is 35.5 Å². The van der Waals surface area contributed by atoms with E-state index in [0.717, 1.165) is 44.5 Å². The van der Waals surface area contributed by atoms with Crippen LogP contribution in [0.25, 0.3) is 0 Å². The number of benzene rings is 1. The first-order valence-corrected chi connectivity index (χ1v) is 7.11. The number of piperidine rings is 1. The van der Waals surface area contributed by atoms with Crippen molar-refractivity contribution in [3.05, 3.63) is 53.4 Å². The van der Waals surface area contributed by atoms with Gasteiger partial charge in [0.1, 0.15) is 5.76 Å². The number of aromatic nitrogens is 1. The predicted octanol–water partition coefficient (Wildman–Crippen LogP) is 2.93. The Hall–Kier alpha value is -1.61. The highest BCUT2D eigenvalue weighted by molar-refractivity contribution is 5.22. The molecule has 0 unspecified atom stereocenters. The van der Waals surface area contributed by atoms with Crippen LogP contribution in [0.5, 0.6) is 0 Å². The molecule has 2 heterocycles. The highest BCUT2D eigenvalue weighted by atomic mass is 16.5. The van der Waals surface area contributed by atoms with Gasteiger partial charge in [-0.3, -0.25) is 0 Å². The minimum atomic E-state index is 0.550. The lowest BCUT2D eigenvalue weighted by molar-refractivity contribution is 0.325. The highest BCUT2D eigenvalue weighted by Gasteiger charge is 2.22. The summed E-state index contributed by atoms with van der Waals surface area (Å²) in [4.78, 5) is 0. The molecule has 1 aliphatic heterocycles. The quantitative estimate of drug-likeness (QED) is 0.914. The van der Waals surface area contributed by atoms with Crippen molar-refractivity contribution in [2.24, 2.45) is 0 Å². The van der Waals surface area contributed by atoms with Crippen molar-refractivity contribution in [1.82, 2.24) is 10.5 Å². The monoisotopic (exact) mass is 256 g/mol. The maximum atomic E-state index is 5.51. The van der Waals surface area contributed by atoms with E-state index in [9.17, 15) is 0 Å². The second-order valence-electron chi connectivity index (χ2n) is 5.23. The Labute approximate surface area is 114 Å². The lowest BCUT2D eigenvalue weighted by Crippen LogP contribution is -2.26. The molecule has 2 aromatic rings. The number of rotatable bonds is 4. The Morgan fingerprint density at radius 3 is 2.68 bits per heavy atom. The van der Waals surface area contributed by atoms with Gasteiger partial charge >= 0.3 is 0 Å². The Morgan fingerprint density at radius 2 is 1.89 bits per heavy atom. The minimum absolute atomic E-state index is 0.550. The first-order valence-electron chi connectivity index (χ1n) is 7.11. The molecule has 0 atom stereocenters. The van der Waals surface area contributed by atoms with E-state index in [1.807, 2.05) is 6.20 Å². The highest BCUT2D eigenvalue weighted by Crippen LogP contribution is 2.28. The molecule has 0 bridgehead atoms. The molecular formula is C16H20N2O. The summed E-state index contributed by atoms with van der Waals surface area (Å²) in [6, 6.07) is 10.6. The van der Waals surface area contributed by atoms with Crippen molar-refractivity contribution < 1.29 is 4.52 Å². The van der Waals surface area contributed by atoms with Crippen LogP contribution in [-0.4, -0.2) is 18.2 Å². The van der Waals surface area contributed by atoms with Crippen LogP contribution in [-0.2, 0) is 12.8 Å². The van der Waals surface area contributed by atoms with Gasteiger partial charge in [-0.05, 0) is 44.3 Å². The standard InChI is InChI=1S/C16H20N2O/c1-2-4-13(5-3-1)6-7-15-12-18-19-16(15)14-8-10-17-11-9-14/h1-5,12,14,17H,6-11H2. The summed E-state index contributed by atoms with van der Waals surface area (Å²) in [5.41, 5.74) is 2.66. The van der Waals surface area contributed by atoms with Gasteiger partial charge in [-0.25, -0.2) is 0 Å². The molecule has 3 rings (SSSR count). The molecule has 1 aromatic carbocycles. The average molecular weight is 256 g/mol. The fraction of sp³-hybridized carbons (Fsp3) is 0.438. The summed E-state index contributed by atoms with van der Waals surface area (Å²) in [5, 5.41) is 7.41. The van der Waals surface area contributed by atoms with Crippen LogP contribution in [0.4, 0.5) is 0 Å². The van der Waals surface area contributed by atoms with Crippen molar-refractivity contribution >= 4 is 0 Å². The topological polar surface area (TPSA) is 38.1 Å². The first-order chi connectivity index (χ1) is 9.43. The molecule has 100 valence electrons. The van der Waals surface area contributed by atoms with Gasteiger partial charge in [0.15, 0.2) is 0 Å². The Bertz CT molecular complexity index is 500. The van der Waals surface area contributed by atoms with E-state index in [-0.39, 0.29) is 0 Å². The third kappa shape index (κ3) is 3.04. The fourth-order valence-electron chi connectivity index (χ4n) is 2.80. The molecule has 1 aliphatic rings. The van der Waals surface area contributed by atoms with Gasteiger partial charge < -0.3 is 9.84 Å². The molecule has 0 spiro atoms. The zero-order valence-corrected chi connectivity index (χ0v) is 11.1. The lowest BCUT2D eigenvalue weighted by atomic mass is 9.91. The molecule has 1 saturated heterocycles. The van der Waals surface area contributed by atoms with Crippen LogP contribution >= 0.6 is 0 Å². The average Bonchev–Trinajstić information content (AvgIpc) is 2.95. The predicted molar refractivity (Wildman–Crippen MR) is 75.2 cm³/mol. The molecule has 1 fully saturated rings. The zero-order chi connectivity index (χ0) is 12.9. The number of nitrogens with one attached hydrogen (secondary N) is 1. The van der Waals surface area contributed by atoms with Crippen LogP contribution in [0.3, 0.4) is 0 Å². The van der Waals surface area contributed by atoms with Crippen LogP contribution in [0.1, 0.15) is 35.6 Å². The van der Waals surface area contributed by atoms with E-state index in [4.69, 9.17) is 4.52 Å². The number of hydrogen-bond donors (Lipinski definition) is 1. The van der Waals surface area contributed by atoms with Gasteiger partial charge in [-0.2, -0.15) is 0 Å². The van der Waals surface area contributed by atoms with Gasteiger partial charge in [0.05, 0.1) is 6.20 Å². The minimum Gasteiger partial charge on any atom is -0.361 e. The Morgan fingerprint density at radius 1 is 1.11 bits per heavy atom. The van der Waals surface area contributed by atoms with Crippen molar-refractivity contribution in [1.29, 1.82) is 0 Å². The largest absolute Gasteiger partial charge is 0.361 e. The van der Waals surface area contributed by atoms with E-state index in [0.29, 0.717) is 5.92 Å². The maximum Gasteiger partial charge on any atom is 0.143 e. The molecule has 3 nitrogen and oxygen atoms in total. The molecule has 3 heteroatoms. The van der Waals surface area contributed by atoms with E-state index in [2.05, 4.69) is 40.8 Å². The van der Waals surface area contributed by atoms with Crippen molar-refractivity contribution in [2.75, 3.05) is 13.1 Å². The Kier molecular flexibility index (Phi) is 3.94. The summed E-state index contributed by atoms with van der Waals surface area (Å²) in [6.07, 6.45) is 6.30. The summed E-state index contributed by atoms with van der Waals surface area (Å²) in [5.74, 6) is 1.67. The number of nitrogens with zero attached hydrogens (tertiary/aromatic N) is 1. The smallest absolute Gasteiger partial charge is 0.143 e. The molecule has 0 radical (unpaired) electrons. The first kappa shape index (κ1) is 12.4. The van der Waals surface area contributed by atoms with Crippen molar-refractivity contribution in [3.8, 4) is 0 Å². The van der Waals surface area contributed by atoms with Gasteiger partial charge in [0.2, 0.25) is 0 Å². The van der Waals surface area contributed by atoms with E-state index in [1.165, 1.54) is 11.1 Å². The maximum absolute atomic E-state index is 5.51. The molecule has 0 amide bonds.